The number of carbonyl (C=O) groups is 1. The number of rotatable bonds is 7. The van der Waals surface area contributed by atoms with Crippen molar-refractivity contribution >= 4 is 34.3 Å². The van der Waals surface area contributed by atoms with E-state index in [4.69, 9.17) is 5.26 Å². The van der Waals surface area contributed by atoms with E-state index >= 15 is 0 Å². The van der Waals surface area contributed by atoms with Gasteiger partial charge in [0.1, 0.15) is 5.82 Å². The summed E-state index contributed by atoms with van der Waals surface area (Å²) in [4.78, 5) is 20.4. The molecule has 1 aromatic rings. The first-order valence-corrected chi connectivity index (χ1v) is 14.7. The molecule has 1 amide bonds. The highest BCUT2D eigenvalue weighted by atomic mass is 79.9. The van der Waals surface area contributed by atoms with Crippen molar-refractivity contribution in [2.75, 3.05) is 13.6 Å². The molecule has 0 spiro atoms. The maximum atomic E-state index is 13.8. The largest absolute Gasteiger partial charge is 0.368 e. The van der Waals surface area contributed by atoms with Crippen molar-refractivity contribution in [2.24, 2.45) is 27.3 Å². The molecule has 2 heterocycles. The first kappa shape index (κ1) is 27.4. The molecule has 1 fully saturated rings. The Balaban J connectivity index is 1.27. The van der Waals surface area contributed by atoms with Gasteiger partial charge < -0.3 is 10.2 Å². The van der Waals surface area contributed by atoms with Crippen LogP contribution in [-0.2, 0) is 11.2 Å². The van der Waals surface area contributed by atoms with E-state index in [0.29, 0.717) is 24.8 Å². The highest BCUT2D eigenvalue weighted by Crippen LogP contribution is 2.38. The fourth-order valence-corrected chi connectivity index (χ4v) is 6.37. The van der Waals surface area contributed by atoms with Crippen LogP contribution in [0.5, 0.6) is 0 Å². The van der Waals surface area contributed by atoms with Crippen molar-refractivity contribution in [2.45, 2.75) is 64.0 Å². The molecule has 1 aromatic carbocycles. The molecule has 0 radical (unpaired) electrons. The standard InChI is InChI=1S/C31H37BrN6O/c1-31(20-35-37(2)21-31)24-6-12-27(13-7-24)38(30(39)17-22-3-8-25(32)9-4-22)28-14-10-26(11-15-28)36-29-16-5-23(18-33)19-34-29/h3-4,6,8-9,12-13,16,19-20,23-24,26,28,36H,5,7,10-11,14-15,17,21H2,1-2H3. The average Bonchev–Trinajstić information content (AvgIpc) is 3.31. The van der Waals surface area contributed by atoms with Gasteiger partial charge >= 0.3 is 0 Å². The van der Waals surface area contributed by atoms with Gasteiger partial charge in [0.2, 0.25) is 5.91 Å². The van der Waals surface area contributed by atoms with Crippen LogP contribution < -0.4 is 5.32 Å². The summed E-state index contributed by atoms with van der Waals surface area (Å²) in [6, 6.07) is 10.8. The zero-order valence-electron chi connectivity index (χ0n) is 22.8. The summed E-state index contributed by atoms with van der Waals surface area (Å²) < 4.78 is 1.01. The lowest BCUT2D eigenvalue weighted by atomic mass is 9.74. The van der Waals surface area contributed by atoms with Gasteiger partial charge in [-0.25, -0.2) is 4.99 Å². The highest BCUT2D eigenvalue weighted by Gasteiger charge is 2.38. The van der Waals surface area contributed by atoms with Crippen LogP contribution in [0.2, 0.25) is 0 Å². The summed E-state index contributed by atoms with van der Waals surface area (Å²) in [7, 11) is 2.02. The van der Waals surface area contributed by atoms with Crippen molar-refractivity contribution in [1.29, 1.82) is 5.26 Å². The van der Waals surface area contributed by atoms with Gasteiger partial charge in [0.05, 0.1) is 18.4 Å². The van der Waals surface area contributed by atoms with Crippen LogP contribution in [0.4, 0.5) is 0 Å². The summed E-state index contributed by atoms with van der Waals surface area (Å²) >= 11 is 3.50. The normalized spacial score (nSPS) is 29.9. The Morgan fingerprint density at radius 2 is 1.97 bits per heavy atom. The lowest BCUT2D eigenvalue weighted by Crippen LogP contribution is -2.45. The van der Waals surface area contributed by atoms with Gasteiger partial charge in [-0.2, -0.15) is 10.4 Å². The zero-order valence-corrected chi connectivity index (χ0v) is 24.3. The molecule has 1 saturated carbocycles. The SMILES string of the molecule is CN1CC(C)(C2C=CC(N(C(=O)Cc3ccc(Br)cc3)C3CCC(NC4=CCC(C#N)C=N4)CC3)=CC2)C=N1. The Hall–Kier alpha value is -3.18. The number of hydrogen-bond donors (Lipinski definition) is 1. The number of amides is 1. The average molecular weight is 590 g/mol. The highest BCUT2D eigenvalue weighted by molar-refractivity contribution is 9.10. The van der Waals surface area contributed by atoms with E-state index in [1.54, 1.807) is 6.21 Å². The van der Waals surface area contributed by atoms with E-state index in [-0.39, 0.29) is 23.3 Å². The van der Waals surface area contributed by atoms with Crippen LogP contribution >= 0.6 is 15.9 Å². The molecular formula is C31H37BrN6O. The van der Waals surface area contributed by atoms with Crippen LogP contribution in [0.3, 0.4) is 0 Å². The summed E-state index contributed by atoms with van der Waals surface area (Å²) in [6.45, 7) is 3.18. The number of allylic oxidation sites excluding steroid dienone is 4. The van der Waals surface area contributed by atoms with E-state index in [9.17, 15) is 4.79 Å². The molecule has 2 aliphatic carbocycles. The Kier molecular flexibility index (Phi) is 8.37. The minimum Gasteiger partial charge on any atom is -0.368 e. The predicted molar refractivity (Wildman–Crippen MR) is 159 cm³/mol. The molecule has 1 N–H and O–H groups in total. The molecular weight excluding hydrogens is 552 g/mol. The fraction of sp³-hybridized carbons (Fsp3) is 0.484. The lowest BCUT2D eigenvalue weighted by Gasteiger charge is -2.40. The molecule has 204 valence electrons. The number of benzene rings is 1. The molecule has 3 atom stereocenters. The second kappa shape index (κ2) is 11.9. The third-order valence-electron chi connectivity index (χ3n) is 8.40. The summed E-state index contributed by atoms with van der Waals surface area (Å²) in [5, 5.41) is 19.1. The predicted octanol–water partition coefficient (Wildman–Crippen LogP) is 5.57. The quantitative estimate of drug-likeness (QED) is 0.451. The van der Waals surface area contributed by atoms with Crippen molar-refractivity contribution in [3.8, 4) is 6.07 Å². The van der Waals surface area contributed by atoms with Crippen molar-refractivity contribution in [1.82, 2.24) is 15.2 Å². The van der Waals surface area contributed by atoms with E-state index in [2.05, 4.69) is 73.7 Å². The van der Waals surface area contributed by atoms with Gasteiger partial charge in [-0.1, -0.05) is 47.1 Å². The van der Waals surface area contributed by atoms with Gasteiger partial charge in [0.15, 0.2) is 0 Å². The molecule has 0 saturated heterocycles. The smallest absolute Gasteiger partial charge is 0.231 e. The molecule has 4 aliphatic rings. The third kappa shape index (κ3) is 6.52. The van der Waals surface area contributed by atoms with Crippen LogP contribution in [0.25, 0.3) is 0 Å². The van der Waals surface area contributed by atoms with Crippen LogP contribution in [0, 0.1) is 28.6 Å². The van der Waals surface area contributed by atoms with E-state index in [1.165, 1.54) is 0 Å². The Bertz CT molecular complexity index is 1250. The molecule has 5 rings (SSSR count). The number of aliphatic imine (C=N–C) groups is 1. The maximum Gasteiger partial charge on any atom is 0.231 e. The van der Waals surface area contributed by atoms with Crippen LogP contribution in [-0.4, -0.2) is 53.9 Å². The molecule has 3 unspecified atom stereocenters. The monoisotopic (exact) mass is 588 g/mol. The number of hydrazone groups is 1. The second-order valence-corrected chi connectivity index (χ2v) is 12.4. The lowest BCUT2D eigenvalue weighted by molar-refractivity contribution is -0.131. The summed E-state index contributed by atoms with van der Waals surface area (Å²) in [6.07, 6.45) is 18.4. The Morgan fingerprint density at radius 1 is 1.21 bits per heavy atom. The van der Waals surface area contributed by atoms with Gasteiger partial charge in [0.25, 0.3) is 0 Å². The van der Waals surface area contributed by atoms with Gasteiger partial charge in [-0.15, -0.1) is 0 Å². The number of nitrogens with one attached hydrogen (secondary N) is 1. The van der Waals surface area contributed by atoms with Gasteiger partial charge in [-0.05, 0) is 74.3 Å². The molecule has 39 heavy (non-hydrogen) atoms. The van der Waals surface area contributed by atoms with E-state index < -0.39 is 0 Å². The van der Waals surface area contributed by atoms with E-state index in [1.807, 2.05) is 42.4 Å². The second-order valence-electron chi connectivity index (χ2n) is 11.5. The number of hydrogen-bond acceptors (Lipinski definition) is 6. The first-order chi connectivity index (χ1) is 18.8. The number of nitrogens with zero attached hydrogens (tertiary/aromatic N) is 5. The third-order valence-corrected chi connectivity index (χ3v) is 8.93. The van der Waals surface area contributed by atoms with Crippen molar-refractivity contribution in [3.05, 3.63) is 70.1 Å². The molecule has 8 heteroatoms. The molecule has 2 aliphatic heterocycles. The minimum absolute atomic E-state index is 0.00676. The Morgan fingerprint density at radius 3 is 2.56 bits per heavy atom. The first-order valence-electron chi connectivity index (χ1n) is 13.9. The maximum absolute atomic E-state index is 13.8. The summed E-state index contributed by atoms with van der Waals surface area (Å²) in [5.41, 5.74) is 2.06. The molecule has 0 aromatic heterocycles. The minimum atomic E-state index is -0.127. The van der Waals surface area contributed by atoms with Crippen LogP contribution in [0.1, 0.15) is 51.0 Å². The molecule has 7 nitrogen and oxygen atoms in total. The topological polar surface area (TPSA) is 84.1 Å². The fourth-order valence-electron chi connectivity index (χ4n) is 6.11. The number of carbonyl (C=O) groups excluding carboxylic acids is 1. The zero-order chi connectivity index (χ0) is 27.4. The number of halogens is 1. The summed E-state index contributed by atoms with van der Waals surface area (Å²) in [5.74, 6) is 1.26. The van der Waals surface area contributed by atoms with Crippen molar-refractivity contribution < 1.29 is 4.79 Å². The van der Waals surface area contributed by atoms with Gasteiger partial charge in [-0.3, -0.25) is 9.80 Å². The Labute approximate surface area is 240 Å². The van der Waals surface area contributed by atoms with Crippen molar-refractivity contribution in [3.63, 3.8) is 0 Å². The molecule has 0 bridgehead atoms. The van der Waals surface area contributed by atoms with E-state index in [0.717, 1.165) is 60.2 Å². The van der Waals surface area contributed by atoms with Crippen LogP contribution in [0.15, 0.2) is 74.7 Å². The van der Waals surface area contributed by atoms with Gasteiger partial charge in [0, 0.05) is 53.7 Å². The number of nitriles is 1.